The molecule has 2 N–H and O–H groups in total. The second kappa shape index (κ2) is 13.2. The lowest BCUT2D eigenvalue weighted by molar-refractivity contribution is -0.146. The molecule has 2 fully saturated rings. The molecule has 1 amide bonds. The number of nitrogens with one attached hydrogen (secondary N) is 2. The van der Waals surface area contributed by atoms with Crippen molar-refractivity contribution in [2.75, 3.05) is 39.8 Å². The van der Waals surface area contributed by atoms with Crippen LogP contribution in [0, 0.1) is 17.8 Å². The maximum atomic E-state index is 12.1. The summed E-state index contributed by atoms with van der Waals surface area (Å²) in [5.74, 6) is 1.46. The van der Waals surface area contributed by atoms with E-state index in [0.717, 1.165) is 19.0 Å². The van der Waals surface area contributed by atoms with Crippen LogP contribution in [0.25, 0.3) is 0 Å². The van der Waals surface area contributed by atoms with Crippen molar-refractivity contribution < 1.29 is 14.3 Å². The van der Waals surface area contributed by atoms with Crippen LogP contribution in [0.5, 0.6) is 0 Å². The number of nitrogens with zero attached hydrogens (tertiary/aromatic N) is 2. The maximum absolute atomic E-state index is 12.1. The number of carbonyl (C=O) groups is 2. The number of hydrogen-bond donors (Lipinski definition) is 2. The van der Waals surface area contributed by atoms with Crippen LogP contribution < -0.4 is 10.6 Å². The van der Waals surface area contributed by atoms with Gasteiger partial charge in [-0.2, -0.15) is 0 Å². The van der Waals surface area contributed by atoms with Gasteiger partial charge in [-0.05, 0) is 31.6 Å². The fourth-order valence-corrected chi connectivity index (χ4v) is 4.11. The molecule has 8 heteroatoms. The largest absolute Gasteiger partial charge is 0.469 e. The number of aliphatic imine (C=N–C) groups is 1. The van der Waals surface area contributed by atoms with Crippen molar-refractivity contribution in [2.45, 2.75) is 52.4 Å². The first-order valence-corrected chi connectivity index (χ1v) is 10.4. The van der Waals surface area contributed by atoms with Gasteiger partial charge in [-0.15, -0.1) is 24.0 Å². The average molecular weight is 508 g/mol. The quantitative estimate of drug-likeness (QED) is 0.182. The lowest BCUT2D eigenvalue weighted by Gasteiger charge is -2.22. The third-order valence-corrected chi connectivity index (χ3v) is 5.65. The molecular formula is C20H37IN4O3. The molecule has 0 aromatic rings. The Morgan fingerprint density at radius 1 is 1.14 bits per heavy atom. The lowest BCUT2D eigenvalue weighted by atomic mass is 9.87. The first kappa shape index (κ1) is 25.0. The number of methoxy groups -OCH3 is 1. The van der Waals surface area contributed by atoms with Gasteiger partial charge in [-0.25, -0.2) is 0 Å². The summed E-state index contributed by atoms with van der Waals surface area (Å²) < 4.78 is 4.91. The van der Waals surface area contributed by atoms with Gasteiger partial charge in [-0.1, -0.05) is 26.2 Å². The van der Waals surface area contributed by atoms with Crippen LogP contribution in [-0.2, 0) is 14.3 Å². The number of likely N-dealkylation sites (tertiary alicyclic amines) is 1. The second-order valence-corrected chi connectivity index (χ2v) is 7.81. The molecule has 0 spiro atoms. The van der Waals surface area contributed by atoms with Gasteiger partial charge in [0.15, 0.2) is 5.96 Å². The molecule has 162 valence electrons. The number of hydrogen-bond acceptors (Lipinski definition) is 4. The summed E-state index contributed by atoms with van der Waals surface area (Å²) in [5.41, 5.74) is 0. The molecule has 1 saturated carbocycles. The Balaban J connectivity index is 0.00000392. The summed E-state index contributed by atoms with van der Waals surface area (Å²) in [6, 6.07) is 0. The molecule has 1 saturated heterocycles. The van der Waals surface area contributed by atoms with E-state index < -0.39 is 0 Å². The van der Waals surface area contributed by atoms with Crippen LogP contribution in [0.15, 0.2) is 4.99 Å². The van der Waals surface area contributed by atoms with Crippen molar-refractivity contribution in [1.29, 1.82) is 0 Å². The number of amides is 1. The highest BCUT2D eigenvalue weighted by molar-refractivity contribution is 14.0. The Bertz CT molecular complexity index is 524. The molecule has 2 atom stereocenters. The van der Waals surface area contributed by atoms with Gasteiger partial charge in [-0.3, -0.25) is 14.6 Å². The van der Waals surface area contributed by atoms with E-state index >= 15 is 0 Å². The molecule has 0 aromatic carbocycles. The molecule has 0 radical (unpaired) electrons. The highest BCUT2D eigenvalue weighted by Crippen LogP contribution is 2.26. The van der Waals surface area contributed by atoms with Crippen molar-refractivity contribution in [3.05, 3.63) is 0 Å². The van der Waals surface area contributed by atoms with Gasteiger partial charge in [0.25, 0.3) is 0 Å². The number of guanidine groups is 1. The van der Waals surface area contributed by atoms with Crippen LogP contribution >= 0.6 is 24.0 Å². The van der Waals surface area contributed by atoms with Crippen LogP contribution in [0.2, 0.25) is 0 Å². The van der Waals surface area contributed by atoms with E-state index in [-0.39, 0.29) is 47.7 Å². The molecule has 28 heavy (non-hydrogen) atoms. The van der Waals surface area contributed by atoms with E-state index in [4.69, 9.17) is 4.74 Å². The number of halogens is 1. The van der Waals surface area contributed by atoms with Crippen molar-refractivity contribution in [3.63, 3.8) is 0 Å². The average Bonchev–Trinajstić information content (AvgIpc) is 3.06. The van der Waals surface area contributed by atoms with Crippen molar-refractivity contribution in [3.8, 4) is 0 Å². The molecule has 0 aromatic heterocycles. The molecule has 0 bridgehead atoms. The fourth-order valence-electron chi connectivity index (χ4n) is 4.11. The molecule has 2 unspecified atom stereocenters. The summed E-state index contributed by atoms with van der Waals surface area (Å²) in [6.07, 6.45) is 6.85. The zero-order valence-corrected chi connectivity index (χ0v) is 19.9. The van der Waals surface area contributed by atoms with E-state index in [2.05, 4.69) is 27.4 Å². The molecule has 7 nitrogen and oxygen atoms in total. The zero-order chi connectivity index (χ0) is 19.6. The Kier molecular flexibility index (Phi) is 11.8. The van der Waals surface area contributed by atoms with Crippen LogP contribution in [0.3, 0.4) is 0 Å². The minimum atomic E-state index is -0.157. The molecule has 2 rings (SSSR count). The number of rotatable bonds is 7. The highest BCUT2D eigenvalue weighted by Gasteiger charge is 2.36. The van der Waals surface area contributed by atoms with Crippen LogP contribution in [-0.4, -0.2) is 62.6 Å². The first-order chi connectivity index (χ1) is 13.0. The van der Waals surface area contributed by atoms with Crippen molar-refractivity contribution >= 4 is 41.8 Å². The third kappa shape index (κ3) is 7.75. The van der Waals surface area contributed by atoms with E-state index in [1.54, 1.807) is 0 Å². The first-order valence-electron chi connectivity index (χ1n) is 10.4. The zero-order valence-electron chi connectivity index (χ0n) is 17.5. The SMILES string of the molecule is CCNC(=NCCNC(=O)CC1CCCCC1)N1CC(C)C(C(=O)OC)C1.I. The Hall–Kier alpha value is -1.06. The molecule has 1 aliphatic carbocycles. The van der Waals surface area contributed by atoms with Crippen LogP contribution in [0.4, 0.5) is 0 Å². The van der Waals surface area contributed by atoms with Gasteiger partial charge in [0.1, 0.15) is 0 Å². The van der Waals surface area contributed by atoms with Gasteiger partial charge < -0.3 is 20.3 Å². The number of ether oxygens (including phenoxy) is 1. The molecule has 2 aliphatic rings. The van der Waals surface area contributed by atoms with Gasteiger partial charge in [0, 0.05) is 32.6 Å². The summed E-state index contributed by atoms with van der Waals surface area (Å²) in [6.45, 7) is 7.33. The predicted octanol–water partition coefficient (Wildman–Crippen LogP) is 2.40. The van der Waals surface area contributed by atoms with Crippen molar-refractivity contribution in [2.24, 2.45) is 22.7 Å². The maximum Gasteiger partial charge on any atom is 0.310 e. The van der Waals surface area contributed by atoms with Gasteiger partial charge in [0.05, 0.1) is 19.6 Å². The van der Waals surface area contributed by atoms with Crippen LogP contribution in [0.1, 0.15) is 52.4 Å². The fraction of sp³-hybridized carbons (Fsp3) is 0.850. The normalized spacial score (nSPS) is 23.1. The summed E-state index contributed by atoms with van der Waals surface area (Å²) in [5, 5.41) is 6.28. The minimum absolute atomic E-state index is 0. The van der Waals surface area contributed by atoms with E-state index in [1.807, 2.05) is 6.92 Å². The molecular weight excluding hydrogens is 471 g/mol. The predicted molar refractivity (Wildman–Crippen MR) is 122 cm³/mol. The molecule has 1 aliphatic heterocycles. The Morgan fingerprint density at radius 3 is 2.50 bits per heavy atom. The second-order valence-electron chi connectivity index (χ2n) is 7.81. The number of carbonyl (C=O) groups excluding carboxylic acids is 2. The van der Waals surface area contributed by atoms with E-state index in [9.17, 15) is 9.59 Å². The van der Waals surface area contributed by atoms with Crippen molar-refractivity contribution in [1.82, 2.24) is 15.5 Å². The molecule has 1 heterocycles. The number of esters is 1. The summed E-state index contributed by atoms with van der Waals surface area (Å²) >= 11 is 0. The smallest absolute Gasteiger partial charge is 0.310 e. The van der Waals surface area contributed by atoms with E-state index in [0.29, 0.717) is 32.0 Å². The Morgan fingerprint density at radius 2 is 1.86 bits per heavy atom. The van der Waals surface area contributed by atoms with Gasteiger partial charge >= 0.3 is 5.97 Å². The third-order valence-electron chi connectivity index (χ3n) is 5.65. The summed E-state index contributed by atoms with van der Waals surface area (Å²) in [4.78, 5) is 30.7. The Labute approximate surface area is 186 Å². The van der Waals surface area contributed by atoms with Gasteiger partial charge in [0.2, 0.25) is 5.91 Å². The van der Waals surface area contributed by atoms with E-state index in [1.165, 1.54) is 39.2 Å². The standard InChI is InChI=1S/C20H36N4O3.HI/c1-4-21-20(24-13-15(2)17(14-24)19(26)27-3)23-11-10-22-18(25)12-16-8-6-5-7-9-16;/h15-17H,4-14H2,1-3H3,(H,21,23)(H,22,25);1H. The monoisotopic (exact) mass is 508 g/mol. The minimum Gasteiger partial charge on any atom is -0.469 e. The topological polar surface area (TPSA) is 83.0 Å². The lowest BCUT2D eigenvalue weighted by Crippen LogP contribution is -2.41. The highest BCUT2D eigenvalue weighted by atomic mass is 127. The summed E-state index contributed by atoms with van der Waals surface area (Å²) in [7, 11) is 1.44.